The van der Waals surface area contributed by atoms with Crippen molar-refractivity contribution in [2.24, 2.45) is 0 Å². The fraction of sp³-hybridized carbons (Fsp3) is 0.308. The summed E-state index contributed by atoms with van der Waals surface area (Å²) in [5.41, 5.74) is 9.65. The molecule has 0 saturated carbocycles. The fourth-order valence-electron chi connectivity index (χ4n) is 1.70. The first-order valence-corrected chi connectivity index (χ1v) is 5.71. The summed E-state index contributed by atoms with van der Waals surface area (Å²) in [5, 5.41) is 0. The van der Waals surface area contributed by atoms with Gasteiger partial charge in [0, 0.05) is 24.0 Å². The number of anilines is 1. The quantitative estimate of drug-likeness (QED) is 0.871. The average molecular weight is 228 g/mol. The van der Waals surface area contributed by atoms with Gasteiger partial charge in [-0.05, 0) is 31.0 Å². The van der Waals surface area contributed by atoms with Crippen molar-refractivity contribution in [1.29, 1.82) is 0 Å². The molecule has 4 heteroatoms. The van der Waals surface area contributed by atoms with E-state index in [1.54, 1.807) is 0 Å². The van der Waals surface area contributed by atoms with E-state index in [4.69, 9.17) is 5.73 Å². The highest BCUT2D eigenvalue weighted by atomic mass is 15.0. The summed E-state index contributed by atoms with van der Waals surface area (Å²) in [7, 11) is 0. The predicted octanol–water partition coefficient (Wildman–Crippen LogP) is 1.92. The molecule has 2 aromatic heterocycles. The summed E-state index contributed by atoms with van der Waals surface area (Å²) < 4.78 is 0. The molecule has 2 rings (SSSR count). The molecule has 0 aromatic carbocycles. The van der Waals surface area contributed by atoms with Gasteiger partial charge >= 0.3 is 0 Å². The van der Waals surface area contributed by atoms with Crippen molar-refractivity contribution in [2.75, 3.05) is 5.73 Å². The maximum Gasteiger partial charge on any atom is 0.220 e. The van der Waals surface area contributed by atoms with Crippen LogP contribution in [0.15, 0.2) is 24.4 Å². The maximum absolute atomic E-state index is 5.62. The van der Waals surface area contributed by atoms with Gasteiger partial charge in [-0.2, -0.15) is 0 Å². The first-order chi connectivity index (χ1) is 8.17. The van der Waals surface area contributed by atoms with Crippen LogP contribution in [0.25, 0.3) is 0 Å². The summed E-state index contributed by atoms with van der Waals surface area (Å²) in [6.45, 7) is 4.03. The van der Waals surface area contributed by atoms with Gasteiger partial charge in [0.15, 0.2) is 0 Å². The summed E-state index contributed by atoms with van der Waals surface area (Å²) in [6, 6.07) is 6.07. The van der Waals surface area contributed by atoms with Crippen LogP contribution in [0.5, 0.6) is 0 Å². The molecule has 0 aliphatic rings. The zero-order valence-electron chi connectivity index (χ0n) is 10.1. The van der Waals surface area contributed by atoms with Crippen molar-refractivity contribution in [3.63, 3.8) is 0 Å². The van der Waals surface area contributed by atoms with Gasteiger partial charge in [-0.1, -0.05) is 13.0 Å². The number of aryl methyl sites for hydroxylation is 2. The number of hydrogen-bond acceptors (Lipinski definition) is 4. The van der Waals surface area contributed by atoms with E-state index in [1.165, 1.54) is 5.56 Å². The lowest BCUT2D eigenvalue weighted by Crippen LogP contribution is -2.02. The molecule has 2 N–H and O–H groups in total. The van der Waals surface area contributed by atoms with Crippen molar-refractivity contribution < 1.29 is 0 Å². The molecule has 88 valence electrons. The van der Waals surface area contributed by atoms with Crippen LogP contribution in [0.1, 0.15) is 29.6 Å². The van der Waals surface area contributed by atoms with Gasteiger partial charge in [-0.15, -0.1) is 0 Å². The van der Waals surface area contributed by atoms with Gasteiger partial charge in [0.25, 0.3) is 0 Å². The van der Waals surface area contributed by atoms with Gasteiger partial charge in [0.2, 0.25) is 5.95 Å². The van der Waals surface area contributed by atoms with Gasteiger partial charge in [-0.25, -0.2) is 9.97 Å². The fourth-order valence-corrected chi connectivity index (χ4v) is 1.70. The minimum atomic E-state index is 0.324. The normalized spacial score (nSPS) is 10.5. The predicted molar refractivity (Wildman–Crippen MR) is 67.6 cm³/mol. The Bertz CT molecular complexity index is 485. The molecule has 4 nitrogen and oxygen atoms in total. The summed E-state index contributed by atoms with van der Waals surface area (Å²) in [5.74, 6) is 0.324. The highest BCUT2D eigenvalue weighted by Crippen LogP contribution is 2.08. The molecular weight excluding hydrogens is 212 g/mol. The number of aromatic nitrogens is 3. The lowest BCUT2D eigenvalue weighted by atomic mass is 10.1. The Morgan fingerprint density at radius 2 is 2.00 bits per heavy atom. The van der Waals surface area contributed by atoms with E-state index < -0.39 is 0 Å². The molecule has 0 saturated heterocycles. The molecule has 17 heavy (non-hydrogen) atoms. The maximum atomic E-state index is 5.62. The van der Waals surface area contributed by atoms with Crippen LogP contribution in [-0.4, -0.2) is 15.0 Å². The van der Waals surface area contributed by atoms with Crippen LogP contribution in [0.2, 0.25) is 0 Å². The Hall–Kier alpha value is -1.97. The molecular formula is C13H16N4. The Balaban J connectivity index is 2.19. The monoisotopic (exact) mass is 228 g/mol. The summed E-state index contributed by atoms with van der Waals surface area (Å²) >= 11 is 0. The molecule has 0 amide bonds. The Labute approximate surface area is 101 Å². The van der Waals surface area contributed by atoms with Gasteiger partial charge in [0.1, 0.15) is 0 Å². The molecule has 0 aliphatic heterocycles. The van der Waals surface area contributed by atoms with E-state index in [2.05, 4.69) is 27.9 Å². The van der Waals surface area contributed by atoms with Gasteiger partial charge in [-0.3, -0.25) is 4.98 Å². The number of rotatable bonds is 3. The van der Waals surface area contributed by atoms with Gasteiger partial charge < -0.3 is 5.73 Å². The second kappa shape index (κ2) is 4.91. The van der Waals surface area contributed by atoms with Crippen molar-refractivity contribution in [2.45, 2.75) is 26.7 Å². The van der Waals surface area contributed by atoms with Crippen LogP contribution in [0.4, 0.5) is 5.95 Å². The number of hydrogen-bond donors (Lipinski definition) is 1. The number of nitrogens with zero attached hydrogens (tertiary/aromatic N) is 3. The molecule has 0 atom stereocenters. The van der Waals surface area contributed by atoms with Crippen LogP contribution in [0, 0.1) is 6.92 Å². The van der Waals surface area contributed by atoms with Crippen molar-refractivity contribution >= 4 is 5.95 Å². The summed E-state index contributed by atoms with van der Waals surface area (Å²) in [6.07, 6.45) is 3.61. The molecule has 2 aromatic rings. The average Bonchev–Trinajstić information content (AvgIpc) is 2.28. The van der Waals surface area contributed by atoms with E-state index >= 15 is 0 Å². The van der Waals surface area contributed by atoms with Crippen LogP contribution in [0.3, 0.4) is 0 Å². The minimum Gasteiger partial charge on any atom is -0.368 e. The highest BCUT2D eigenvalue weighted by molar-refractivity contribution is 5.25. The Morgan fingerprint density at radius 3 is 2.59 bits per heavy atom. The Kier molecular flexibility index (Phi) is 3.32. The zero-order chi connectivity index (χ0) is 12.3. The number of nitrogen functional groups attached to an aromatic ring is 1. The van der Waals surface area contributed by atoms with E-state index in [9.17, 15) is 0 Å². The van der Waals surface area contributed by atoms with Crippen LogP contribution >= 0.6 is 0 Å². The smallest absolute Gasteiger partial charge is 0.220 e. The molecule has 0 aliphatic carbocycles. The standard InChI is InChI=1S/C13H16N4/c1-3-10-4-5-11(15-8-10)7-12-6-9(2)16-13(14)17-12/h4-6,8H,3,7H2,1-2H3,(H2,14,16,17). The third kappa shape index (κ3) is 3.00. The van der Waals surface area contributed by atoms with Crippen LogP contribution in [-0.2, 0) is 12.8 Å². The lowest BCUT2D eigenvalue weighted by molar-refractivity contribution is 0.967. The van der Waals surface area contributed by atoms with Crippen molar-refractivity contribution in [1.82, 2.24) is 15.0 Å². The second-order valence-corrected chi connectivity index (χ2v) is 4.05. The third-order valence-corrected chi connectivity index (χ3v) is 2.58. The van der Waals surface area contributed by atoms with E-state index in [0.29, 0.717) is 12.4 Å². The second-order valence-electron chi connectivity index (χ2n) is 4.05. The number of nitrogens with two attached hydrogens (primary N) is 1. The highest BCUT2D eigenvalue weighted by Gasteiger charge is 2.02. The lowest BCUT2D eigenvalue weighted by Gasteiger charge is -2.03. The van der Waals surface area contributed by atoms with Crippen molar-refractivity contribution in [3.8, 4) is 0 Å². The van der Waals surface area contributed by atoms with E-state index in [1.807, 2.05) is 25.3 Å². The molecule has 0 radical (unpaired) electrons. The first-order valence-electron chi connectivity index (χ1n) is 5.71. The largest absolute Gasteiger partial charge is 0.368 e. The van der Waals surface area contributed by atoms with Crippen LogP contribution < -0.4 is 5.73 Å². The van der Waals surface area contributed by atoms with E-state index in [0.717, 1.165) is 23.5 Å². The molecule has 0 bridgehead atoms. The summed E-state index contributed by atoms with van der Waals surface area (Å²) in [4.78, 5) is 12.7. The topological polar surface area (TPSA) is 64.7 Å². The SMILES string of the molecule is CCc1ccc(Cc2cc(C)nc(N)n2)nc1. The molecule has 0 fully saturated rings. The molecule has 0 unspecified atom stereocenters. The molecule has 0 spiro atoms. The van der Waals surface area contributed by atoms with Gasteiger partial charge in [0.05, 0.1) is 5.69 Å². The van der Waals surface area contributed by atoms with Crippen molar-refractivity contribution in [3.05, 3.63) is 47.0 Å². The zero-order valence-corrected chi connectivity index (χ0v) is 10.1. The minimum absolute atomic E-state index is 0.324. The Morgan fingerprint density at radius 1 is 1.18 bits per heavy atom. The first kappa shape index (κ1) is 11.5. The van der Waals surface area contributed by atoms with E-state index in [-0.39, 0.29) is 0 Å². The molecule has 2 heterocycles. The number of pyridine rings is 1. The third-order valence-electron chi connectivity index (χ3n) is 2.58.